The van der Waals surface area contributed by atoms with Crippen LogP contribution in [0.3, 0.4) is 0 Å². The molecular formula is C9H7BrN2O2. The van der Waals surface area contributed by atoms with E-state index < -0.39 is 5.97 Å². The van der Waals surface area contributed by atoms with E-state index in [1.165, 1.54) is 0 Å². The van der Waals surface area contributed by atoms with Crippen molar-refractivity contribution in [2.24, 2.45) is 0 Å². The first-order valence-electron chi connectivity index (χ1n) is 3.88. The highest BCUT2D eigenvalue weighted by Crippen LogP contribution is 2.03. The number of aromatic nitrogens is 2. The number of esters is 1. The lowest BCUT2D eigenvalue weighted by Crippen LogP contribution is -2.00. The molecule has 1 heterocycles. The van der Waals surface area contributed by atoms with Gasteiger partial charge in [-0.2, -0.15) is 0 Å². The van der Waals surface area contributed by atoms with Crippen molar-refractivity contribution in [3.05, 3.63) is 22.7 Å². The van der Waals surface area contributed by atoms with E-state index in [2.05, 4.69) is 42.5 Å². The fourth-order valence-corrected chi connectivity index (χ4v) is 0.856. The number of halogens is 1. The molecular weight excluding hydrogens is 248 g/mol. The Hall–Kier alpha value is -1.41. The van der Waals surface area contributed by atoms with Gasteiger partial charge in [-0.25, -0.2) is 14.8 Å². The largest absolute Gasteiger partial charge is 0.456 e. The summed E-state index contributed by atoms with van der Waals surface area (Å²) in [5.74, 6) is 4.48. The molecule has 0 atom stereocenters. The summed E-state index contributed by atoms with van der Waals surface area (Å²) in [5, 5.41) is 0. The smallest absolute Gasteiger partial charge is 0.384 e. The minimum atomic E-state index is -0.570. The second kappa shape index (κ2) is 5.35. The summed E-state index contributed by atoms with van der Waals surface area (Å²) in [6.07, 6.45) is 3.12. The van der Waals surface area contributed by atoms with Gasteiger partial charge in [0, 0.05) is 18.3 Å². The van der Waals surface area contributed by atoms with Crippen molar-refractivity contribution in [3.63, 3.8) is 0 Å². The Balaban J connectivity index is 2.68. The van der Waals surface area contributed by atoms with Crippen LogP contribution < -0.4 is 0 Å². The molecule has 0 radical (unpaired) electrons. The number of hydrogen-bond donors (Lipinski definition) is 0. The van der Waals surface area contributed by atoms with Crippen LogP contribution in [0.4, 0.5) is 0 Å². The second-order valence-electron chi connectivity index (χ2n) is 2.20. The van der Waals surface area contributed by atoms with Crippen molar-refractivity contribution in [3.8, 4) is 11.8 Å². The summed E-state index contributed by atoms with van der Waals surface area (Å²) in [4.78, 5) is 18.6. The van der Waals surface area contributed by atoms with Gasteiger partial charge >= 0.3 is 5.97 Å². The van der Waals surface area contributed by atoms with Gasteiger partial charge in [-0.1, -0.05) is 0 Å². The Morgan fingerprint density at radius 2 is 2.21 bits per heavy atom. The number of carbonyl (C=O) groups excluding carboxylic acids is 1. The van der Waals surface area contributed by atoms with E-state index in [1.807, 2.05) is 0 Å². The molecule has 0 aliphatic heterocycles. The molecule has 1 aromatic rings. The van der Waals surface area contributed by atoms with E-state index in [1.54, 1.807) is 19.3 Å². The molecule has 14 heavy (non-hydrogen) atoms. The third-order valence-corrected chi connectivity index (χ3v) is 1.58. The van der Waals surface area contributed by atoms with Crippen LogP contribution in [-0.2, 0) is 9.53 Å². The van der Waals surface area contributed by atoms with Crippen LogP contribution in [0.15, 0.2) is 16.9 Å². The zero-order valence-electron chi connectivity index (χ0n) is 7.45. The quantitative estimate of drug-likeness (QED) is 0.558. The van der Waals surface area contributed by atoms with Gasteiger partial charge in [0.15, 0.2) is 0 Å². The van der Waals surface area contributed by atoms with Crippen molar-refractivity contribution in [2.45, 2.75) is 6.92 Å². The predicted molar refractivity (Wildman–Crippen MR) is 53.2 cm³/mol. The van der Waals surface area contributed by atoms with Crippen LogP contribution >= 0.6 is 15.9 Å². The molecule has 0 aromatic carbocycles. The Kier molecular flexibility index (Phi) is 4.08. The van der Waals surface area contributed by atoms with E-state index in [9.17, 15) is 4.79 Å². The molecule has 0 saturated heterocycles. The molecule has 0 fully saturated rings. The summed E-state index contributed by atoms with van der Waals surface area (Å²) in [7, 11) is 0. The van der Waals surface area contributed by atoms with Gasteiger partial charge in [-0.05, 0) is 28.8 Å². The molecule has 0 N–H and O–H groups in total. The predicted octanol–water partition coefficient (Wildman–Crippen LogP) is 1.15. The number of rotatable bonds is 1. The maximum atomic E-state index is 10.8. The van der Waals surface area contributed by atoms with Gasteiger partial charge in [0.1, 0.15) is 0 Å². The van der Waals surface area contributed by atoms with Gasteiger partial charge in [0.2, 0.25) is 5.82 Å². The lowest BCUT2D eigenvalue weighted by atomic mass is 10.5. The van der Waals surface area contributed by atoms with Crippen LogP contribution in [-0.4, -0.2) is 22.5 Å². The molecule has 0 aliphatic rings. The van der Waals surface area contributed by atoms with Crippen molar-refractivity contribution < 1.29 is 9.53 Å². The standard InChI is InChI=1S/C9H7BrN2O2/c1-2-14-9(13)4-3-8-11-5-7(10)6-12-8/h5-6H,2H2,1H3. The monoisotopic (exact) mass is 254 g/mol. The Bertz CT molecular complexity index is 378. The summed E-state index contributed by atoms with van der Waals surface area (Å²) >= 11 is 3.19. The topological polar surface area (TPSA) is 52.1 Å². The van der Waals surface area contributed by atoms with Crippen LogP contribution in [0, 0.1) is 11.8 Å². The molecule has 1 rings (SSSR count). The highest BCUT2D eigenvalue weighted by Gasteiger charge is 1.94. The number of hydrogen-bond acceptors (Lipinski definition) is 4. The van der Waals surface area contributed by atoms with Gasteiger partial charge < -0.3 is 4.74 Å². The highest BCUT2D eigenvalue weighted by molar-refractivity contribution is 9.10. The molecule has 72 valence electrons. The van der Waals surface area contributed by atoms with E-state index >= 15 is 0 Å². The maximum absolute atomic E-state index is 10.8. The van der Waals surface area contributed by atoms with Crippen molar-refractivity contribution in [2.75, 3.05) is 6.61 Å². The average molecular weight is 255 g/mol. The Morgan fingerprint density at radius 3 is 2.79 bits per heavy atom. The van der Waals surface area contributed by atoms with Gasteiger partial charge in [0.25, 0.3) is 0 Å². The van der Waals surface area contributed by atoms with Crippen LogP contribution in [0.1, 0.15) is 12.7 Å². The number of carbonyl (C=O) groups is 1. The maximum Gasteiger partial charge on any atom is 0.384 e. The first-order valence-corrected chi connectivity index (χ1v) is 4.68. The number of ether oxygens (including phenoxy) is 1. The fourth-order valence-electron chi connectivity index (χ4n) is 0.651. The zero-order chi connectivity index (χ0) is 10.4. The third-order valence-electron chi connectivity index (χ3n) is 1.17. The van der Waals surface area contributed by atoms with Crippen LogP contribution in [0.5, 0.6) is 0 Å². The van der Waals surface area contributed by atoms with Gasteiger partial charge in [0.05, 0.1) is 11.1 Å². The van der Waals surface area contributed by atoms with Gasteiger partial charge in [-0.15, -0.1) is 0 Å². The van der Waals surface area contributed by atoms with E-state index in [-0.39, 0.29) is 0 Å². The number of nitrogens with zero attached hydrogens (tertiary/aromatic N) is 2. The Morgan fingerprint density at radius 1 is 1.57 bits per heavy atom. The molecule has 0 amide bonds. The normalized spacial score (nSPS) is 8.71. The fraction of sp³-hybridized carbons (Fsp3) is 0.222. The average Bonchev–Trinajstić information content (AvgIpc) is 2.17. The highest BCUT2D eigenvalue weighted by atomic mass is 79.9. The second-order valence-corrected chi connectivity index (χ2v) is 3.11. The molecule has 0 unspecified atom stereocenters. The summed E-state index contributed by atoms with van der Waals surface area (Å²) < 4.78 is 5.37. The molecule has 4 nitrogen and oxygen atoms in total. The molecule has 0 saturated carbocycles. The Labute approximate surface area is 89.8 Å². The molecule has 0 aliphatic carbocycles. The minimum absolute atomic E-state index is 0.293. The first kappa shape index (κ1) is 10.7. The van der Waals surface area contributed by atoms with E-state index in [0.29, 0.717) is 12.4 Å². The van der Waals surface area contributed by atoms with E-state index in [0.717, 1.165) is 4.47 Å². The summed E-state index contributed by atoms with van der Waals surface area (Å²) in [5.41, 5.74) is 0. The van der Waals surface area contributed by atoms with Crippen molar-refractivity contribution in [1.29, 1.82) is 0 Å². The van der Waals surface area contributed by atoms with Crippen molar-refractivity contribution in [1.82, 2.24) is 9.97 Å². The molecule has 0 spiro atoms. The van der Waals surface area contributed by atoms with Gasteiger partial charge in [-0.3, -0.25) is 0 Å². The molecule has 0 bridgehead atoms. The zero-order valence-corrected chi connectivity index (χ0v) is 9.04. The van der Waals surface area contributed by atoms with Crippen LogP contribution in [0.25, 0.3) is 0 Å². The molecule has 1 aromatic heterocycles. The lowest BCUT2D eigenvalue weighted by molar-refractivity contribution is -0.136. The minimum Gasteiger partial charge on any atom is -0.456 e. The third kappa shape index (κ3) is 3.54. The summed E-state index contributed by atoms with van der Waals surface area (Å²) in [6, 6.07) is 0. The van der Waals surface area contributed by atoms with Crippen LogP contribution in [0.2, 0.25) is 0 Å². The first-order chi connectivity index (χ1) is 6.72. The van der Waals surface area contributed by atoms with E-state index in [4.69, 9.17) is 0 Å². The van der Waals surface area contributed by atoms with Crippen molar-refractivity contribution >= 4 is 21.9 Å². The summed E-state index contributed by atoms with van der Waals surface area (Å²) in [6.45, 7) is 2.03. The molecule has 5 heteroatoms. The lowest BCUT2D eigenvalue weighted by Gasteiger charge is -1.91. The SMILES string of the molecule is CCOC(=O)C#Cc1ncc(Br)cn1.